The van der Waals surface area contributed by atoms with E-state index in [1.165, 1.54) is 12.8 Å². The smallest absolute Gasteiger partial charge is 0.0601 e. The van der Waals surface area contributed by atoms with Gasteiger partial charge in [-0.25, -0.2) is 0 Å². The van der Waals surface area contributed by atoms with Gasteiger partial charge in [-0.05, 0) is 12.8 Å². The number of hydrogen-bond donors (Lipinski definition) is 2. The van der Waals surface area contributed by atoms with Crippen LogP contribution in [0.2, 0.25) is 0 Å². The topological polar surface area (TPSA) is 33.3 Å². The van der Waals surface area contributed by atoms with Crippen molar-refractivity contribution >= 4 is 0 Å². The minimum Gasteiger partial charge on any atom is -0.381 e. The number of hydrogen-bond acceptors (Lipinski definition) is 3. The molecule has 11 heavy (non-hydrogen) atoms. The van der Waals surface area contributed by atoms with Crippen LogP contribution >= 0.6 is 0 Å². The fraction of sp³-hybridized carbons (Fsp3) is 1.00. The van der Waals surface area contributed by atoms with E-state index in [2.05, 4.69) is 10.6 Å². The lowest BCUT2D eigenvalue weighted by molar-refractivity contribution is 0.0122. The molecule has 1 saturated carbocycles. The third-order valence-corrected chi connectivity index (χ3v) is 2.68. The highest BCUT2D eigenvalue weighted by Crippen LogP contribution is 2.23. The number of rotatable bonds is 3. The minimum atomic E-state index is 0.528. The van der Waals surface area contributed by atoms with Gasteiger partial charge in [0.2, 0.25) is 0 Å². The predicted octanol–water partition coefficient (Wildman–Crippen LogP) is -0.275. The van der Waals surface area contributed by atoms with E-state index in [4.69, 9.17) is 4.74 Å². The zero-order valence-electron chi connectivity index (χ0n) is 6.97. The molecule has 0 bridgehead atoms. The van der Waals surface area contributed by atoms with Gasteiger partial charge < -0.3 is 15.4 Å². The third-order valence-electron chi connectivity index (χ3n) is 2.68. The zero-order chi connectivity index (χ0) is 7.68. The number of methoxy groups -OCH3 is 1. The van der Waals surface area contributed by atoms with Gasteiger partial charge in [-0.1, -0.05) is 0 Å². The highest BCUT2D eigenvalue weighted by molar-refractivity contribution is 4.92. The van der Waals surface area contributed by atoms with Crippen LogP contribution < -0.4 is 10.6 Å². The predicted molar refractivity (Wildman–Crippen MR) is 43.6 cm³/mol. The summed E-state index contributed by atoms with van der Waals surface area (Å²) in [7, 11) is 1.80. The van der Waals surface area contributed by atoms with Gasteiger partial charge in [-0.15, -0.1) is 0 Å². The third kappa shape index (κ3) is 1.55. The second-order valence-electron chi connectivity index (χ2n) is 3.55. The molecule has 1 saturated heterocycles. The Morgan fingerprint density at radius 1 is 1.27 bits per heavy atom. The van der Waals surface area contributed by atoms with Crippen LogP contribution in [-0.2, 0) is 4.74 Å². The summed E-state index contributed by atoms with van der Waals surface area (Å²) in [5, 5.41) is 6.82. The maximum atomic E-state index is 5.19. The normalized spacial score (nSPS) is 37.9. The van der Waals surface area contributed by atoms with Crippen LogP contribution in [0.25, 0.3) is 0 Å². The summed E-state index contributed by atoms with van der Waals surface area (Å²) in [6.45, 7) is 2.29. The van der Waals surface area contributed by atoms with Crippen molar-refractivity contribution in [2.75, 3.05) is 20.2 Å². The summed E-state index contributed by atoms with van der Waals surface area (Å²) < 4.78 is 5.19. The van der Waals surface area contributed by atoms with Gasteiger partial charge in [0.1, 0.15) is 0 Å². The van der Waals surface area contributed by atoms with Crippen molar-refractivity contribution in [2.45, 2.75) is 31.0 Å². The number of nitrogens with one attached hydrogen (secondary N) is 2. The highest BCUT2D eigenvalue weighted by Gasteiger charge is 2.31. The lowest BCUT2D eigenvalue weighted by Crippen LogP contribution is -2.61. The van der Waals surface area contributed by atoms with E-state index in [-0.39, 0.29) is 0 Å². The van der Waals surface area contributed by atoms with Gasteiger partial charge in [0.15, 0.2) is 0 Å². The standard InChI is InChI=1S/C8H16N2O/c1-11-8-2-6(3-8)10-7-4-9-5-7/h6-10H,2-5H2,1H3. The first kappa shape index (κ1) is 7.53. The van der Waals surface area contributed by atoms with Gasteiger partial charge in [-0.2, -0.15) is 0 Å². The Labute approximate surface area is 67.5 Å². The molecule has 3 nitrogen and oxygen atoms in total. The summed E-state index contributed by atoms with van der Waals surface area (Å²) >= 11 is 0. The molecule has 0 aromatic heterocycles. The Balaban J connectivity index is 1.59. The van der Waals surface area contributed by atoms with E-state index in [0.717, 1.165) is 25.2 Å². The molecule has 2 fully saturated rings. The van der Waals surface area contributed by atoms with E-state index < -0.39 is 0 Å². The van der Waals surface area contributed by atoms with E-state index in [9.17, 15) is 0 Å². The van der Waals surface area contributed by atoms with Gasteiger partial charge in [0, 0.05) is 32.3 Å². The summed E-state index contributed by atoms with van der Waals surface area (Å²) in [5.41, 5.74) is 0. The molecule has 0 aromatic carbocycles. The summed E-state index contributed by atoms with van der Waals surface area (Å²) in [6.07, 6.45) is 2.93. The van der Waals surface area contributed by atoms with Gasteiger partial charge in [0.05, 0.1) is 6.10 Å². The molecule has 64 valence electrons. The average molecular weight is 156 g/mol. The summed E-state index contributed by atoms with van der Waals surface area (Å²) in [5.74, 6) is 0. The summed E-state index contributed by atoms with van der Waals surface area (Å²) in [6, 6.07) is 1.46. The molecule has 0 unspecified atom stereocenters. The van der Waals surface area contributed by atoms with Crippen molar-refractivity contribution in [3.63, 3.8) is 0 Å². The van der Waals surface area contributed by atoms with Crippen molar-refractivity contribution in [1.29, 1.82) is 0 Å². The molecular weight excluding hydrogens is 140 g/mol. The Hall–Kier alpha value is -0.120. The molecule has 0 atom stereocenters. The Kier molecular flexibility index (Phi) is 2.11. The van der Waals surface area contributed by atoms with Crippen LogP contribution in [-0.4, -0.2) is 38.4 Å². The summed E-state index contributed by atoms with van der Waals surface area (Å²) in [4.78, 5) is 0. The van der Waals surface area contributed by atoms with Crippen molar-refractivity contribution < 1.29 is 4.74 Å². The lowest BCUT2D eigenvalue weighted by Gasteiger charge is -2.40. The average Bonchev–Trinajstić information content (AvgIpc) is 1.81. The fourth-order valence-electron chi connectivity index (χ4n) is 1.63. The molecule has 0 amide bonds. The molecule has 1 heterocycles. The van der Waals surface area contributed by atoms with Crippen molar-refractivity contribution in [2.24, 2.45) is 0 Å². The lowest BCUT2D eigenvalue weighted by atomic mass is 9.88. The molecule has 0 spiro atoms. The molecule has 2 rings (SSSR count). The minimum absolute atomic E-state index is 0.528. The molecule has 2 aliphatic rings. The van der Waals surface area contributed by atoms with Crippen LogP contribution in [0.3, 0.4) is 0 Å². The van der Waals surface area contributed by atoms with Crippen molar-refractivity contribution in [3.8, 4) is 0 Å². The quantitative estimate of drug-likeness (QED) is 0.590. The van der Waals surface area contributed by atoms with Gasteiger partial charge in [0.25, 0.3) is 0 Å². The Morgan fingerprint density at radius 3 is 2.45 bits per heavy atom. The van der Waals surface area contributed by atoms with E-state index in [1.54, 1.807) is 7.11 Å². The van der Waals surface area contributed by atoms with Crippen LogP contribution in [0.5, 0.6) is 0 Å². The van der Waals surface area contributed by atoms with Crippen molar-refractivity contribution in [1.82, 2.24) is 10.6 Å². The molecule has 2 N–H and O–H groups in total. The maximum Gasteiger partial charge on any atom is 0.0601 e. The second kappa shape index (κ2) is 3.09. The highest BCUT2D eigenvalue weighted by atomic mass is 16.5. The van der Waals surface area contributed by atoms with Crippen LogP contribution in [0.15, 0.2) is 0 Å². The first-order chi connectivity index (χ1) is 5.38. The molecule has 1 aliphatic heterocycles. The Morgan fingerprint density at radius 2 is 2.00 bits per heavy atom. The second-order valence-corrected chi connectivity index (χ2v) is 3.55. The molecule has 1 aliphatic carbocycles. The molecule has 3 heteroatoms. The maximum absolute atomic E-state index is 5.19. The van der Waals surface area contributed by atoms with E-state index in [0.29, 0.717) is 6.10 Å². The first-order valence-corrected chi connectivity index (χ1v) is 4.38. The first-order valence-electron chi connectivity index (χ1n) is 4.38. The van der Waals surface area contributed by atoms with Crippen LogP contribution in [0, 0.1) is 0 Å². The van der Waals surface area contributed by atoms with Crippen molar-refractivity contribution in [3.05, 3.63) is 0 Å². The van der Waals surface area contributed by atoms with E-state index in [1.807, 2.05) is 0 Å². The SMILES string of the molecule is COC1CC(NC2CNC2)C1. The molecular formula is C8H16N2O. The zero-order valence-corrected chi connectivity index (χ0v) is 6.97. The number of ether oxygens (including phenoxy) is 1. The fourth-order valence-corrected chi connectivity index (χ4v) is 1.63. The van der Waals surface area contributed by atoms with E-state index >= 15 is 0 Å². The van der Waals surface area contributed by atoms with Gasteiger partial charge >= 0.3 is 0 Å². The largest absolute Gasteiger partial charge is 0.381 e. The van der Waals surface area contributed by atoms with Gasteiger partial charge in [-0.3, -0.25) is 0 Å². The van der Waals surface area contributed by atoms with Crippen LogP contribution in [0.1, 0.15) is 12.8 Å². The molecule has 0 radical (unpaired) electrons. The molecule has 0 aromatic rings. The van der Waals surface area contributed by atoms with Crippen LogP contribution in [0.4, 0.5) is 0 Å². The monoisotopic (exact) mass is 156 g/mol. The Bertz CT molecular complexity index is 130.